The lowest BCUT2D eigenvalue weighted by Gasteiger charge is -2.17. The summed E-state index contributed by atoms with van der Waals surface area (Å²) in [5.41, 5.74) is 1.85. The molecule has 0 bridgehead atoms. The van der Waals surface area contributed by atoms with Crippen molar-refractivity contribution >= 4 is 27.6 Å². The molecular weight excluding hydrogens is 294 g/mol. The smallest absolute Gasteiger partial charge is 0.335 e. The first-order valence-electron chi connectivity index (χ1n) is 6.37. The van der Waals surface area contributed by atoms with Gasteiger partial charge >= 0.3 is 5.97 Å². The van der Waals surface area contributed by atoms with Crippen LogP contribution < -0.4 is 5.32 Å². The molecule has 0 heterocycles. The fourth-order valence-corrected chi connectivity index (χ4v) is 3.17. The molecule has 3 rings (SSSR count). The van der Waals surface area contributed by atoms with Crippen LogP contribution in [-0.2, 0) is 0 Å². The summed E-state index contributed by atoms with van der Waals surface area (Å²) in [5.74, 6) is 0.0426. The Hall–Kier alpha value is -1.03. The topological polar surface area (TPSA) is 49.3 Å². The minimum Gasteiger partial charge on any atom is -0.478 e. The van der Waals surface area contributed by atoms with Crippen LogP contribution in [0.25, 0.3) is 0 Å². The van der Waals surface area contributed by atoms with Gasteiger partial charge in [-0.15, -0.1) is 0 Å². The van der Waals surface area contributed by atoms with Crippen LogP contribution in [0.2, 0.25) is 0 Å². The number of anilines is 1. The van der Waals surface area contributed by atoms with Crippen molar-refractivity contribution in [2.75, 3.05) is 11.9 Å². The summed E-state index contributed by atoms with van der Waals surface area (Å²) in [6.07, 6.45) is 5.46. The number of carboxylic acids is 1. The molecule has 2 saturated carbocycles. The molecule has 0 radical (unpaired) electrons. The van der Waals surface area contributed by atoms with Gasteiger partial charge in [0.2, 0.25) is 0 Å². The molecule has 0 saturated heterocycles. The van der Waals surface area contributed by atoms with Gasteiger partial charge in [0.25, 0.3) is 0 Å². The Morgan fingerprint density at radius 2 is 2.17 bits per heavy atom. The van der Waals surface area contributed by atoms with E-state index in [1.165, 1.54) is 25.7 Å². The largest absolute Gasteiger partial charge is 0.478 e. The van der Waals surface area contributed by atoms with Crippen molar-refractivity contribution in [2.45, 2.75) is 25.7 Å². The van der Waals surface area contributed by atoms with Crippen LogP contribution >= 0.6 is 15.9 Å². The van der Waals surface area contributed by atoms with Gasteiger partial charge in [-0.25, -0.2) is 4.79 Å². The van der Waals surface area contributed by atoms with E-state index in [-0.39, 0.29) is 0 Å². The van der Waals surface area contributed by atoms with Crippen molar-refractivity contribution < 1.29 is 9.90 Å². The number of hydrogen-bond donors (Lipinski definition) is 2. The zero-order chi connectivity index (χ0) is 12.8. The Morgan fingerprint density at radius 1 is 1.44 bits per heavy atom. The molecule has 0 aromatic heterocycles. The number of halogens is 1. The van der Waals surface area contributed by atoms with E-state index >= 15 is 0 Å². The maximum Gasteiger partial charge on any atom is 0.335 e. The van der Waals surface area contributed by atoms with E-state index in [1.807, 2.05) is 6.07 Å². The van der Waals surface area contributed by atoms with Gasteiger partial charge in [0.05, 0.1) is 5.56 Å². The van der Waals surface area contributed by atoms with Crippen molar-refractivity contribution in [3.8, 4) is 0 Å². The summed E-state index contributed by atoms with van der Waals surface area (Å²) in [6, 6.07) is 5.14. The number of nitrogens with one attached hydrogen (secondary N) is 1. The predicted molar refractivity (Wildman–Crippen MR) is 74.0 cm³/mol. The van der Waals surface area contributed by atoms with Gasteiger partial charge in [-0.3, -0.25) is 0 Å². The predicted octanol–water partition coefficient (Wildman–Crippen LogP) is 3.75. The highest BCUT2D eigenvalue weighted by Gasteiger charge is 2.53. The van der Waals surface area contributed by atoms with Gasteiger partial charge in [0, 0.05) is 16.7 Å². The van der Waals surface area contributed by atoms with Gasteiger partial charge in [-0.1, -0.05) is 0 Å². The second-order valence-electron chi connectivity index (χ2n) is 5.49. The summed E-state index contributed by atoms with van der Waals surface area (Å²) in [4.78, 5) is 10.8. The zero-order valence-electron chi connectivity index (χ0n) is 10.1. The van der Waals surface area contributed by atoms with E-state index in [2.05, 4.69) is 21.2 Å². The number of rotatable bonds is 5. The molecule has 0 atom stereocenters. The van der Waals surface area contributed by atoms with Crippen molar-refractivity contribution in [3.05, 3.63) is 28.2 Å². The molecule has 96 valence electrons. The second kappa shape index (κ2) is 4.26. The summed E-state index contributed by atoms with van der Waals surface area (Å²) < 4.78 is 0.828. The third-order valence-electron chi connectivity index (χ3n) is 4.18. The molecule has 2 fully saturated rings. The highest BCUT2D eigenvalue weighted by molar-refractivity contribution is 9.10. The third kappa shape index (κ3) is 2.26. The van der Waals surface area contributed by atoms with Crippen LogP contribution in [0.4, 0.5) is 5.69 Å². The van der Waals surface area contributed by atoms with Crippen molar-refractivity contribution in [3.63, 3.8) is 0 Å². The van der Waals surface area contributed by atoms with Crippen LogP contribution in [0, 0.1) is 11.3 Å². The molecule has 0 aliphatic heterocycles. The molecule has 2 aliphatic carbocycles. The van der Waals surface area contributed by atoms with E-state index in [0.717, 1.165) is 22.6 Å². The molecule has 4 heteroatoms. The van der Waals surface area contributed by atoms with E-state index in [1.54, 1.807) is 12.1 Å². The zero-order valence-corrected chi connectivity index (χ0v) is 11.7. The lowest BCUT2D eigenvalue weighted by Crippen LogP contribution is -2.17. The number of carbonyl (C=O) groups is 1. The molecule has 2 aliphatic rings. The highest BCUT2D eigenvalue weighted by atomic mass is 79.9. The molecule has 18 heavy (non-hydrogen) atoms. The summed E-state index contributed by atoms with van der Waals surface area (Å²) in [6.45, 7) is 1.02. The Labute approximate surface area is 115 Å². The SMILES string of the molecule is O=C(O)c1ccc(NCC2(C3CC3)CC2)c(Br)c1. The summed E-state index contributed by atoms with van der Waals surface area (Å²) >= 11 is 3.43. The van der Waals surface area contributed by atoms with Crippen LogP contribution in [0.15, 0.2) is 22.7 Å². The maximum atomic E-state index is 10.8. The number of benzene rings is 1. The van der Waals surface area contributed by atoms with E-state index in [9.17, 15) is 4.79 Å². The fraction of sp³-hybridized carbons (Fsp3) is 0.500. The van der Waals surface area contributed by atoms with Gasteiger partial charge in [-0.05, 0) is 71.1 Å². The first-order valence-corrected chi connectivity index (χ1v) is 7.17. The van der Waals surface area contributed by atoms with Crippen LogP contribution in [0.5, 0.6) is 0 Å². The minimum atomic E-state index is -0.890. The lowest BCUT2D eigenvalue weighted by atomic mass is 10.0. The first-order chi connectivity index (χ1) is 8.61. The van der Waals surface area contributed by atoms with E-state index in [0.29, 0.717) is 11.0 Å². The third-order valence-corrected chi connectivity index (χ3v) is 4.84. The number of aromatic carboxylic acids is 1. The maximum absolute atomic E-state index is 10.8. The van der Waals surface area contributed by atoms with Crippen molar-refractivity contribution in [1.29, 1.82) is 0 Å². The summed E-state index contributed by atoms with van der Waals surface area (Å²) in [5, 5.41) is 12.4. The monoisotopic (exact) mass is 309 g/mol. The molecule has 0 spiro atoms. The standard InChI is InChI=1S/C14H16BrNO2/c15-11-7-9(13(17)18)1-4-12(11)16-8-14(5-6-14)10-2-3-10/h1,4,7,10,16H,2-3,5-6,8H2,(H,17,18). The quantitative estimate of drug-likeness (QED) is 0.871. The average Bonchev–Trinajstić information content (AvgIpc) is 3.19. The first kappa shape index (κ1) is 12.0. The Balaban J connectivity index is 1.67. The highest BCUT2D eigenvalue weighted by Crippen LogP contribution is 2.61. The van der Waals surface area contributed by atoms with Crippen LogP contribution in [0.3, 0.4) is 0 Å². The number of hydrogen-bond acceptors (Lipinski definition) is 2. The Kier molecular flexibility index (Phi) is 2.85. The summed E-state index contributed by atoms with van der Waals surface area (Å²) in [7, 11) is 0. The van der Waals surface area contributed by atoms with Gasteiger partial charge in [0.1, 0.15) is 0 Å². The molecule has 1 aromatic carbocycles. The molecular formula is C14H16BrNO2. The molecule has 0 amide bonds. The minimum absolute atomic E-state index is 0.316. The van der Waals surface area contributed by atoms with Crippen molar-refractivity contribution in [2.24, 2.45) is 11.3 Å². The lowest BCUT2D eigenvalue weighted by molar-refractivity contribution is 0.0697. The van der Waals surface area contributed by atoms with Gasteiger partial charge in [0.15, 0.2) is 0 Å². The Morgan fingerprint density at radius 3 is 2.67 bits per heavy atom. The molecule has 3 nitrogen and oxygen atoms in total. The van der Waals surface area contributed by atoms with Crippen LogP contribution in [-0.4, -0.2) is 17.6 Å². The molecule has 2 N–H and O–H groups in total. The normalized spacial score (nSPS) is 20.5. The average molecular weight is 310 g/mol. The Bertz CT molecular complexity index is 493. The van der Waals surface area contributed by atoms with E-state index < -0.39 is 5.97 Å². The van der Waals surface area contributed by atoms with E-state index in [4.69, 9.17) is 5.11 Å². The van der Waals surface area contributed by atoms with Gasteiger partial charge in [-0.2, -0.15) is 0 Å². The second-order valence-corrected chi connectivity index (χ2v) is 6.34. The van der Waals surface area contributed by atoms with Crippen molar-refractivity contribution in [1.82, 2.24) is 0 Å². The fourth-order valence-electron chi connectivity index (χ4n) is 2.65. The van der Waals surface area contributed by atoms with Gasteiger partial charge < -0.3 is 10.4 Å². The number of carboxylic acid groups (broad SMARTS) is 1. The van der Waals surface area contributed by atoms with Crippen LogP contribution in [0.1, 0.15) is 36.0 Å². The molecule has 0 unspecified atom stereocenters. The molecule has 1 aromatic rings.